The quantitative estimate of drug-likeness (QED) is 0.212. The number of piperidine rings is 1. The number of ether oxygens (including phenoxy) is 2. The highest BCUT2D eigenvalue weighted by Gasteiger charge is 2.61. The summed E-state index contributed by atoms with van der Waals surface area (Å²) in [5.74, 6) is -2.06. The van der Waals surface area contributed by atoms with Crippen molar-refractivity contribution in [3.05, 3.63) is 67.3 Å². The number of hydrogen-bond donors (Lipinski definition) is 1. The zero-order chi connectivity index (χ0) is 41.6. The predicted octanol–water partition coefficient (Wildman–Crippen LogP) is 5.26. The van der Waals surface area contributed by atoms with Gasteiger partial charge in [-0.25, -0.2) is 13.4 Å². The Morgan fingerprint density at radius 1 is 1.09 bits per heavy atom. The molecule has 2 aliphatic heterocycles. The summed E-state index contributed by atoms with van der Waals surface area (Å²) in [5.41, 5.74) is 0.0903. The van der Waals surface area contributed by atoms with E-state index in [2.05, 4.69) is 11.3 Å². The number of ketones is 2. The number of pyridine rings is 1. The van der Waals surface area contributed by atoms with Gasteiger partial charge < -0.3 is 19.3 Å². The van der Waals surface area contributed by atoms with Gasteiger partial charge in [0, 0.05) is 55.3 Å². The monoisotopic (exact) mass is 812 g/mol. The van der Waals surface area contributed by atoms with Gasteiger partial charge in [-0.15, -0.1) is 6.58 Å². The second-order valence-electron chi connectivity index (χ2n) is 17.3. The number of rotatable bonds is 14. The second-order valence-corrected chi connectivity index (χ2v) is 19.3. The van der Waals surface area contributed by atoms with Crippen LogP contribution in [0.4, 0.5) is 0 Å². The first-order valence-corrected chi connectivity index (χ1v) is 21.6. The number of likely N-dealkylation sites (tertiary alicyclic amines) is 2. The van der Waals surface area contributed by atoms with Crippen molar-refractivity contribution >= 4 is 50.2 Å². The lowest BCUT2D eigenvalue weighted by Gasteiger charge is -2.36. The molecule has 58 heavy (non-hydrogen) atoms. The maximum Gasteiger partial charge on any atom is 0.240 e. The Hall–Kier alpha value is -5.11. The molecule has 3 amide bonds. The van der Waals surface area contributed by atoms with Crippen LogP contribution < -0.4 is 14.2 Å². The number of aromatic nitrogens is 1. The highest BCUT2D eigenvalue weighted by Crippen LogP contribution is 2.57. The molecule has 13 nitrogen and oxygen atoms in total. The predicted molar refractivity (Wildman–Crippen MR) is 217 cm³/mol. The maximum absolute atomic E-state index is 14.9. The third-order valence-corrected chi connectivity index (χ3v) is 14.0. The SMILES string of the molecule is C=C[C@@H]1C[C@]1(CC(=O)[C@@H]1C[C@@H](Oc2cc(-c3ccccc3)nc3cc(OC)ccc23)CN1C(=O)[C@@H](CC(=O)N1CCCC(=O)C1)C(C)(C)C)C(=O)NS(=O)(=O)C1CC1. The molecule has 2 saturated heterocycles. The van der Waals surface area contributed by atoms with Gasteiger partial charge in [-0.3, -0.25) is 28.7 Å². The van der Waals surface area contributed by atoms with E-state index in [0.29, 0.717) is 60.3 Å². The van der Waals surface area contributed by atoms with E-state index in [1.54, 1.807) is 19.3 Å². The summed E-state index contributed by atoms with van der Waals surface area (Å²) in [4.78, 5) is 77.0. The molecule has 1 N–H and O–H groups in total. The summed E-state index contributed by atoms with van der Waals surface area (Å²) >= 11 is 0. The minimum Gasteiger partial charge on any atom is -0.497 e. The molecule has 4 aliphatic rings. The van der Waals surface area contributed by atoms with E-state index in [9.17, 15) is 32.4 Å². The largest absolute Gasteiger partial charge is 0.497 e. The number of fused-ring (bicyclic) bond motifs is 1. The molecule has 0 radical (unpaired) electrons. The molecule has 2 aromatic carbocycles. The van der Waals surface area contributed by atoms with E-state index in [0.717, 1.165) is 5.56 Å². The molecule has 0 unspecified atom stereocenters. The number of carbonyl (C=O) groups is 5. The average molecular weight is 813 g/mol. The zero-order valence-electron chi connectivity index (χ0n) is 33.6. The molecular weight excluding hydrogens is 761 g/mol. The smallest absolute Gasteiger partial charge is 0.240 e. The second kappa shape index (κ2) is 15.9. The summed E-state index contributed by atoms with van der Waals surface area (Å²) in [6.07, 6.45) is 2.69. The van der Waals surface area contributed by atoms with Gasteiger partial charge in [0.1, 0.15) is 17.6 Å². The van der Waals surface area contributed by atoms with Crippen molar-refractivity contribution in [1.82, 2.24) is 19.5 Å². The van der Waals surface area contributed by atoms with Crippen molar-refractivity contribution in [2.24, 2.45) is 22.7 Å². The lowest BCUT2D eigenvalue weighted by molar-refractivity contribution is -0.149. The van der Waals surface area contributed by atoms with Gasteiger partial charge >= 0.3 is 0 Å². The Bertz CT molecular complexity index is 2250. The fraction of sp³-hybridized carbons (Fsp3) is 0.500. The Morgan fingerprint density at radius 3 is 2.47 bits per heavy atom. The van der Waals surface area contributed by atoms with Gasteiger partial charge in [0.2, 0.25) is 27.7 Å². The molecular formula is C44H52N4O9S. The van der Waals surface area contributed by atoms with Crippen LogP contribution in [0.5, 0.6) is 11.5 Å². The van der Waals surface area contributed by atoms with Gasteiger partial charge in [0.05, 0.1) is 54.0 Å². The minimum atomic E-state index is -3.88. The Kier molecular flexibility index (Phi) is 11.3. The van der Waals surface area contributed by atoms with E-state index in [4.69, 9.17) is 14.5 Å². The van der Waals surface area contributed by atoms with Crippen LogP contribution in [-0.4, -0.2) is 96.6 Å². The van der Waals surface area contributed by atoms with Gasteiger partial charge in [-0.1, -0.05) is 57.2 Å². The first-order valence-electron chi connectivity index (χ1n) is 20.0. The number of allylic oxidation sites excluding steroid dienone is 1. The average Bonchev–Trinajstić information content (AvgIpc) is 4.13. The van der Waals surface area contributed by atoms with Crippen molar-refractivity contribution in [1.29, 1.82) is 0 Å². The number of sulfonamides is 1. The molecule has 3 heterocycles. The molecule has 1 aromatic heterocycles. The lowest BCUT2D eigenvalue weighted by Crippen LogP contribution is -2.50. The van der Waals surface area contributed by atoms with Gasteiger partial charge in [-0.2, -0.15) is 0 Å². The Morgan fingerprint density at radius 2 is 1.83 bits per heavy atom. The molecule has 14 heteroatoms. The zero-order valence-corrected chi connectivity index (χ0v) is 34.4. The van der Waals surface area contributed by atoms with Crippen LogP contribution in [0.1, 0.15) is 72.1 Å². The summed E-state index contributed by atoms with van der Waals surface area (Å²) in [6, 6.07) is 15.9. The number of Topliss-reactive ketones (excluding diaryl/α,β-unsaturated/α-hetero) is 2. The fourth-order valence-corrected chi connectivity index (χ4v) is 9.78. The number of amides is 3. The summed E-state index contributed by atoms with van der Waals surface area (Å²) < 4.78 is 40.2. The molecule has 0 bridgehead atoms. The van der Waals surface area contributed by atoms with Crippen molar-refractivity contribution in [3.8, 4) is 22.8 Å². The molecule has 308 valence electrons. The summed E-state index contributed by atoms with van der Waals surface area (Å²) in [7, 11) is -2.31. The minimum absolute atomic E-state index is 0.00639. The maximum atomic E-state index is 14.9. The molecule has 2 saturated carbocycles. The molecule has 5 atom stereocenters. The summed E-state index contributed by atoms with van der Waals surface area (Å²) in [6.45, 7) is 9.89. The van der Waals surface area contributed by atoms with Crippen LogP contribution in [-0.2, 0) is 34.0 Å². The van der Waals surface area contributed by atoms with Gasteiger partial charge in [-0.05, 0) is 49.1 Å². The van der Waals surface area contributed by atoms with E-state index in [1.165, 1.54) is 9.80 Å². The fourth-order valence-electron chi connectivity index (χ4n) is 8.40. The standard InChI is InChI=1S/C44H52N4O9S/c1-6-28-23-44(28,42(53)46-58(54,55)32-15-16-32)24-38(50)37-20-31(26-48(37)41(52)34(43(2,3)4)21-40(51)47-18-10-13-29(49)25-47)57-39-22-35(27-11-8-7-9-12-27)45-36-19-30(56-5)14-17-33(36)39/h6-9,11-12,14,17,19,22,28,31-32,34,37H,1,10,13,15-16,18,20-21,23-26H2,2-5H3,(H,46,53)/t28-,31-,34-,37+,44-/m1/s1. The first-order chi connectivity index (χ1) is 27.5. The van der Waals surface area contributed by atoms with Crippen molar-refractivity contribution in [3.63, 3.8) is 0 Å². The van der Waals surface area contributed by atoms with E-state index >= 15 is 0 Å². The first kappa shape index (κ1) is 41.1. The van der Waals surface area contributed by atoms with Crippen LogP contribution >= 0.6 is 0 Å². The van der Waals surface area contributed by atoms with Crippen LogP contribution in [0.2, 0.25) is 0 Å². The molecule has 0 spiro atoms. The number of carbonyl (C=O) groups excluding carboxylic acids is 5. The van der Waals surface area contributed by atoms with Crippen LogP contribution in [0.15, 0.2) is 67.3 Å². The third-order valence-electron chi connectivity index (χ3n) is 12.1. The third kappa shape index (κ3) is 8.53. The van der Waals surface area contributed by atoms with Crippen LogP contribution in [0.25, 0.3) is 22.2 Å². The van der Waals surface area contributed by atoms with E-state index in [1.807, 2.05) is 69.3 Å². The van der Waals surface area contributed by atoms with E-state index < -0.39 is 67.7 Å². The highest BCUT2D eigenvalue weighted by atomic mass is 32.2. The Balaban J connectivity index is 1.21. The van der Waals surface area contributed by atoms with Crippen molar-refractivity contribution < 1.29 is 41.9 Å². The van der Waals surface area contributed by atoms with Crippen molar-refractivity contribution in [2.45, 2.75) is 89.5 Å². The molecule has 7 rings (SSSR count). The van der Waals surface area contributed by atoms with Crippen molar-refractivity contribution in [2.75, 3.05) is 26.7 Å². The number of nitrogens with zero attached hydrogens (tertiary/aromatic N) is 3. The number of nitrogens with one attached hydrogen (secondary N) is 1. The number of benzene rings is 2. The highest BCUT2D eigenvalue weighted by molar-refractivity contribution is 7.90. The lowest BCUT2D eigenvalue weighted by atomic mass is 9.77. The normalized spacial score (nSPS) is 23.9. The van der Waals surface area contributed by atoms with Crippen LogP contribution in [0, 0.1) is 22.7 Å². The molecule has 4 fully saturated rings. The number of methoxy groups -OCH3 is 1. The summed E-state index contributed by atoms with van der Waals surface area (Å²) in [5, 5.41) is 0.0699. The van der Waals surface area contributed by atoms with Gasteiger partial charge in [0.15, 0.2) is 11.6 Å². The number of hydrogen-bond acceptors (Lipinski definition) is 10. The topological polar surface area (TPSA) is 169 Å². The Labute approximate surface area is 339 Å². The van der Waals surface area contributed by atoms with Crippen LogP contribution in [0.3, 0.4) is 0 Å². The van der Waals surface area contributed by atoms with Gasteiger partial charge in [0.25, 0.3) is 0 Å². The van der Waals surface area contributed by atoms with E-state index in [-0.39, 0.29) is 50.5 Å². The molecule has 2 aliphatic carbocycles. The molecule has 3 aromatic rings.